The fraction of sp³-hybridized carbons (Fsp3) is 0.324. The van der Waals surface area contributed by atoms with Crippen LogP contribution < -0.4 is 10.9 Å². The Kier molecular flexibility index (Phi) is 9.35. The summed E-state index contributed by atoms with van der Waals surface area (Å²) in [4.78, 5) is 57.0. The zero-order chi connectivity index (χ0) is 36.9. The van der Waals surface area contributed by atoms with E-state index in [0.717, 1.165) is 44.5 Å². The van der Waals surface area contributed by atoms with Crippen LogP contribution in [0.4, 0.5) is 18.9 Å². The summed E-state index contributed by atoms with van der Waals surface area (Å²) in [6.45, 7) is 4.35. The van der Waals surface area contributed by atoms with Gasteiger partial charge in [0.1, 0.15) is 12.9 Å². The monoisotopic (exact) mass is 754 g/mol. The molecule has 52 heavy (non-hydrogen) atoms. The lowest BCUT2D eigenvalue weighted by Gasteiger charge is -2.27. The molecule has 0 atom stereocenters. The molecule has 0 bridgehead atoms. The van der Waals surface area contributed by atoms with E-state index in [4.69, 9.17) is 21.3 Å². The standard InChI is InChI=1S/C34H30ClF3N8O5S/c1-3-23-27(18-6-9-44(10-7-18)32(50)28-29(48)17(2)39-16-40-28)31(49)46-33(42-30(43-46)24-12-19-8-11-51-15-25(19)52-24)45(23)14-26(47)41-22-5-4-20(13-21(22)35)34(36,37)38/h4-6,12-13,16,48H,3,7-11,14-15H2,1-2H3,(H,41,47). The number of hydrogen-bond donors (Lipinski definition) is 2. The number of fused-ring (bicyclic) bond motifs is 2. The number of benzene rings is 1. The van der Waals surface area contributed by atoms with Crippen LogP contribution in [0.5, 0.6) is 5.75 Å². The number of ether oxygens (including phenoxy) is 1. The molecule has 0 radical (unpaired) electrons. The zero-order valence-corrected chi connectivity index (χ0v) is 29.3. The van der Waals surface area contributed by atoms with E-state index in [9.17, 15) is 32.7 Å². The number of aromatic nitrogens is 6. The highest BCUT2D eigenvalue weighted by molar-refractivity contribution is 7.15. The van der Waals surface area contributed by atoms with E-state index in [1.165, 1.54) is 22.6 Å². The predicted octanol–water partition coefficient (Wildman–Crippen LogP) is 5.30. The molecule has 5 aromatic rings. The minimum atomic E-state index is -4.62. The van der Waals surface area contributed by atoms with Crippen molar-refractivity contribution < 1.29 is 32.6 Å². The van der Waals surface area contributed by atoms with Crippen LogP contribution in [0.25, 0.3) is 22.1 Å². The number of halogens is 4. The third-order valence-corrected chi connectivity index (χ3v) is 10.4. The SMILES string of the molecule is CCc1c(C2=CCN(C(=O)c3ncnc(C)c3O)CC2)c(=O)n2nc(-c3cc4c(s3)COCC4)nc2n1CC(=O)Nc1ccc(C(F)(F)F)cc1Cl. The van der Waals surface area contributed by atoms with Crippen LogP contribution in [0.2, 0.25) is 5.02 Å². The molecule has 0 aliphatic carbocycles. The number of carbonyl (C=O) groups is 2. The maximum absolute atomic E-state index is 14.3. The Balaban J connectivity index is 1.28. The molecule has 270 valence electrons. The predicted molar refractivity (Wildman–Crippen MR) is 185 cm³/mol. The van der Waals surface area contributed by atoms with Gasteiger partial charge in [-0.1, -0.05) is 24.6 Å². The van der Waals surface area contributed by atoms with Gasteiger partial charge in [0.25, 0.3) is 11.5 Å². The van der Waals surface area contributed by atoms with Gasteiger partial charge in [0.05, 0.1) is 45.6 Å². The van der Waals surface area contributed by atoms with Crippen molar-refractivity contribution in [1.82, 2.24) is 34.0 Å². The summed E-state index contributed by atoms with van der Waals surface area (Å²) in [7, 11) is 0. The molecule has 0 saturated heterocycles. The molecular weight excluding hydrogens is 725 g/mol. The Labute approximate surface area is 302 Å². The van der Waals surface area contributed by atoms with E-state index < -0.39 is 29.1 Å². The van der Waals surface area contributed by atoms with Crippen molar-refractivity contribution in [2.45, 2.75) is 52.4 Å². The third kappa shape index (κ3) is 6.54. The van der Waals surface area contributed by atoms with Gasteiger partial charge in [0.2, 0.25) is 11.7 Å². The summed E-state index contributed by atoms with van der Waals surface area (Å²) in [5.74, 6) is -1.05. The van der Waals surface area contributed by atoms with Gasteiger partial charge in [-0.15, -0.1) is 16.4 Å². The number of amides is 2. The van der Waals surface area contributed by atoms with Gasteiger partial charge in [0, 0.05) is 23.7 Å². The summed E-state index contributed by atoms with van der Waals surface area (Å²) in [6, 6.07) is 4.61. The summed E-state index contributed by atoms with van der Waals surface area (Å²) in [5, 5.41) is 17.3. The van der Waals surface area contributed by atoms with Crippen LogP contribution in [0.15, 0.2) is 41.5 Å². The van der Waals surface area contributed by atoms with E-state index in [-0.39, 0.29) is 71.9 Å². The van der Waals surface area contributed by atoms with Gasteiger partial charge >= 0.3 is 6.18 Å². The number of aryl methyl sites for hydroxylation is 1. The highest BCUT2D eigenvalue weighted by Gasteiger charge is 2.32. The Morgan fingerprint density at radius 3 is 2.67 bits per heavy atom. The average Bonchev–Trinajstić information content (AvgIpc) is 3.76. The quantitative estimate of drug-likeness (QED) is 0.225. The molecule has 18 heteroatoms. The smallest absolute Gasteiger partial charge is 0.416 e. The van der Waals surface area contributed by atoms with E-state index in [2.05, 4.69) is 20.4 Å². The second kappa shape index (κ2) is 13.8. The first-order chi connectivity index (χ1) is 24.8. The molecule has 6 heterocycles. The fourth-order valence-corrected chi connectivity index (χ4v) is 7.60. The van der Waals surface area contributed by atoms with E-state index >= 15 is 0 Å². The van der Waals surface area contributed by atoms with Crippen molar-refractivity contribution in [2.24, 2.45) is 0 Å². The van der Waals surface area contributed by atoms with Crippen molar-refractivity contribution in [1.29, 1.82) is 0 Å². The van der Waals surface area contributed by atoms with Crippen molar-refractivity contribution in [3.63, 3.8) is 0 Å². The molecule has 2 aliphatic heterocycles. The Hall–Kier alpha value is -5.13. The topological polar surface area (TPSA) is 157 Å². The number of rotatable bonds is 7. The summed E-state index contributed by atoms with van der Waals surface area (Å²) in [5.41, 5.74) is 1.19. The maximum atomic E-state index is 14.3. The number of alkyl halides is 3. The minimum absolute atomic E-state index is 0.0202. The highest BCUT2D eigenvalue weighted by atomic mass is 35.5. The van der Waals surface area contributed by atoms with Crippen LogP contribution in [0, 0.1) is 6.92 Å². The summed E-state index contributed by atoms with van der Waals surface area (Å²) in [6.07, 6.45) is -0.396. The molecule has 2 aliphatic rings. The van der Waals surface area contributed by atoms with Crippen LogP contribution in [0.1, 0.15) is 56.8 Å². The normalized spacial score (nSPS) is 14.7. The number of aromatic hydroxyl groups is 1. The number of thiophene rings is 1. The molecule has 0 spiro atoms. The number of carbonyl (C=O) groups excluding carboxylic acids is 2. The Morgan fingerprint density at radius 1 is 1.17 bits per heavy atom. The molecular formula is C34H30ClF3N8O5S. The lowest BCUT2D eigenvalue weighted by atomic mass is 9.97. The number of nitrogens with one attached hydrogen (secondary N) is 1. The van der Waals surface area contributed by atoms with E-state index in [0.29, 0.717) is 30.0 Å². The zero-order valence-electron chi connectivity index (χ0n) is 27.8. The molecule has 2 amide bonds. The van der Waals surface area contributed by atoms with Crippen LogP contribution in [0.3, 0.4) is 0 Å². The molecule has 4 aromatic heterocycles. The first-order valence-corrected chi connectivity index (χ1v) is 17.4. The van der Waals surface area contributed by atoms with Crippen molar-refractivity contribution in [3.8, 4) is 16.5 Å². The molecule has 0 fully saturated rings. The lowest BCUT2D eigenvalue weighted by molar-refractivity contribution is -0.137. The van der Waals surface area contributed by atoms with Crippen LogP contribution in [-0.2, 0) is 41.7 Å². The maximum Gasteiger partial charge on any atom is 0.416 e. The molecule has 13 nitrogen and oxygen atoms in total. The van der Waals surface area contributed by atoms with Gasteiger partial charge in [0.15, 0.2) is 17.3 Å². The minimum Gasteiger partial charge on any atom is -0.504 e. The number of nitrogens with zero attached hydrogens (tertiary/aromatic N) is 7. The van der Waals surface area contributed by atoms with Gasteiger partial charge in [-0.25, -0.2) is 9.97 Å². The molecule has 2 N–H and O–H groups in total. The second-order valence-corrected chi connectivity index (χ2v) is 13.7. The van der Waals surface area contributed by atoms with Crippen LogP contribution >= 0.6 is 22.9 Å². The van der Waals surface area contributed by atoms with Crippen molar-refractivity contribution >= 4 is 51.8 Å². The second-order valence-electron chi connectivity index (χ2n) is 12.2. The van der Waals surface area contributed by atoms with Gasteiger partial charge in [-0.3, -0.25) is 14.4 Å². The Bertz CT molecular complexity index is 2330. The van der Waals surface area contributed by atoms with Crippen LogP contribution in [-0.4, -0.2) is 70.7 Å². The van der Waals surface area contributed by atoms with Crippen molar-refractivity contribution in [3.05, 3.63) is 90.7 Å². The molecule has 0 unspecified atom stereocenters. The third-order valence-electron chi connectivity index (χ3n) is 8.95. The van der Waals surface area contributed by atoms with Gasteiger partial charge < -0.3 is 24.6 Å². The molecule has 0 saturated carbocycles. The average molecular weight is 755 g/mol. The molecule has 1 aromatic carbocycles. The summed E-state index contributed by atoms with van der Waals surface area (Å²) < 4.78 is 48.0. The van der Waals surface area contributed by atoms with E-state index in [1.54, 1.807) is 17.6 Å². The van der Waals surface area contributed by atoms with E-state index in [1.807, 2.05) is 13.0 Å². The first-order valence-electron chi connectivity index (χ1n) is 16.2. The first kappa shape index (κ1) is 35.3. The number of hydrogen-bond acceptors (Lipinski definition) is 10. The summed E-state index contributed by atoms with van der Waals surface area (Å²) >= 11 is 7.59. The highest BCUT2D eigenvalue weighted by Crippen LogP contribution is 2.35. The number of anilines is 1. The Morgan fingerprint density at radius 2 is 1.98 bits per heavy atom. The molecule has 7 rings (SSSR count). The lowest BCUT2D eigenvalue weighted by Crippen LogP contribution is -2.37. The van der Waals surface area contributed by atoms with Crippen molar-refractivity contribution in [2.75, 3.05) is 25.0 Å². The largest absolute Gasteiger partial charge is 0.504 e. The van der Waals surface area contributed by atoms with Gasteiger partial charge in [-0.05, 0) is 61.6 Å². The fourth-order valence-electron chi connectivity index (χ4n) is 6.30. The van der Waals surface area contributed by atoms with Gasteiger partial charge in [-0.2, -0.15) is 22.7 Å².